The van der Waals surface area contributed by atoms with Gasteiger partial charge in [-0.3, -0.25) is 9.69 Å². The molecule has 1 unspecified atom stereocenters. The molecule has 1 aliphatic heterocycles. The van der Waals surface area contributed by atoms with Crippen molar-refractivity contribution < 1.29 is 33.8 Å². The average molecular weight is 387 g/mol. The van der Waals surface area contributed by atoms with Crippen LogP contribution in [0.2, 0.25) is 0 Å². The zero-order valence-electron chi connectivity index (χ0n) is 16.6. The zero-order chi connectivity index (χ0) is 21.0. The third-order valence-corrected chi connectivity index (χ3v) is 3.37. The van der Waals surface area contributed by atoms with Crippen LogP contribution in [0.15, 0.2) is 0 Å². The highest BCUT2D eigenvalue weighted by molar-refractivity contribution is 5.84. The highest BCUT2D eigenvalue weighted by Gasteiger charge is 2.42. The highest BCUT2D eigenvalue weighted by atomic mass is 16.6. The first-order valence-corrected chi connectivity index (χ1v) is 8.66. The van der Waals surface area contributed by atoms with Crippen LogP contribution in [0.25, 0.3) is 0 Å². The molecule has 0 aliphatic carbocycles. The molecule has 0 aromatic rings. The molecular weight excluding hydrogens is 358 g/mol. The number of rotatable bonds is 4. The van der Waals surface area contributed by atoms with Gasteiger partial charge in [0.15, 0.2) is 0 Å². The normalized spacial score (nSPS) is 20.0. The van der Waals surface area contributed by atoms with Crippen molar-refractivity contribution in [2.24, 2.45) is 0 Å². The molecular formula is C17H29N3O7. The van der Waals surface area contributed by atoms with E-state index in [1.165, 1.54) is 0 Å². The van der Waals surface area contributed by atoms with Crippen LogP contribution in [0.4, 0.5) is 9.59 Å². The summed E-state index contributed by atoms with van der Waals surface area (Å²) in [5.74, 6) is -1.69. The standard InChI is InChI=1S/C17H29N3O7/c1-16(2,3)26-14(24)18-8-12(21)19-10-7-11(13(22)23)20(9-10)15(25)27-17(4,5)6/h10-11H,7-9H2,1-6H3,(H,18,24)(H,19,21)(H,22,23)/t10?,11-/m1/s1. The largest absolute Gasteiger partial charge is 0.480 e. The van der Waals surface area contributed by atoms with Crippen molar-refractivity contribution >= 4 is 24.1 Å². The number of amides is 3. The minimum atomic E-state index is -1.18. The molecule has 0 spiro atoms. The van der Waals surface area contributed by atoms with Crippen molar-refractivity contribution in [1.29, 1.82) is 0 Å². The maximum atomic E-state index is 12.2. The number of carbonyl (C=O) groups excluding carboxylic acids is 3. The van der Waals surface area contributed by atoms with Gasteiger partial charge < -0.3 is 25.2 Å². The van der Waals surface area contributed by atoms with Gasteiger partial charge in [0.05, 0.1) is 0 Å². The number of carboxylic acids is 1. The SMILES string of the molecule is CC(C)(C)OC(=O)NCC(=O)NC1C[C@H](C(=O)O)N(C(=O)OC(C)(C)C)C1. The van der Waals surface area contributed by atoms with E-state index < -0.39 is 47.3 Å². The summed E-state index contributed by atoms with van der Waals surface area (Å²) in [7, 11) is 0. The van der Waals surface area contributed by atoms with Crippen molar-refractivity contribution in [3.63, 3.8) is 0 Å². The molecule has 10 heteroatoms. The highest BCUT2D eigenvalue weighted by Crippen LogP contribution is 2.21. The van der Waals surface area contributed by atoms with Gasteiger partial charge in [-0.25, -0.2) is 14.4 Å². The molecule has 3 N–H and O–H groups in total. The molecule has 1 saturated heterocycles. The summed E-state index contributed by atoms with van der Waals surface area (Å²) < 4.78 is 10.2. The lowest BCUT2D eigenvalue weighted by Crippen LogP contribution is -2.45. The van der Waals surface area contributed by atoms with Gasteiger partial charge >= 0.3 is 18.2 Å². The van der Waals surface area contributed by atoms with E-state index >= 15 is 0 Å². The Bertz CT molecular complexity index is 592. The van der Waals surface area contributed by atoms with Gasteiger partial charge in [0.1, 0.15) is 23.8 Å². The van der Waals surface area contributed by atoms with E-state index in [-0.39, 0.29) is 19.5 Å². The number of hydrogen-bond donors (Lipinski definition) is 3. The van der Waals surface area contributed by atoms with Gasteiger partial charge in [0.2, 0.25) is 5.91 Å². The summed E-state index contributed by atoms with van der Waals surface area (Å²) >= 11 is 0. The molecule has 1 fully saturated rings. The van der Waals surface area contributed by atoms with Crippen LogP contribution in [0.3, 0.4) is 0 Å². The Hall–Kier alpha value is -2.52. The van der Waals surface area contributed by atoms with Crippen LogP contribution in [-0.4, -0.2) is 70.4 Å². The molecule has 0 radical (unpaired) electrons. The first kappa shape index (κ1) is 22.5. The van der Waals surface area contributed by atoms with Gasteiger partial charge in [-0.05, 0) is 41.5 Å². The summed E-state index contributed by atoms with van der Waals surface area (Å²) in [6.45, 7) is 9.81. The Morgan fingerprint density at radius 3 is 2.07 bits per heavy atom. The Labute approximate surface area is 158 Å². The molecule has 2 atom stereocenters. The van der Waals surface area contributed by atoms with Crippen LogP contribution < -0.4 is 10.6 Å². The fourth-order valence-electron chi connectivity index (χ4n) is 2.44. The molecule has 0 aromatic carbocycles. The van der Waals surface area contributed by atoms with Crippen LogP contribution in [-0.2, 0) is 19.1 Å². The smallest absolute Gasteiger partial charge is 0.411 e. The van der Waals surface area contributed by atoms with Crippen molar-refractivity contribution in [3.05, 3.63) is 0 Å². The summed E-state index contributed by atoms with van der Waals surface area (Å²) in [4.78, 5) is 48.3. The Kier molecular flexibility index (Phi) is 7.05. The summed E-state index contributed by atoms with van der Waals surface area (Å²) in [5.41, 5.74) is -1.45. The van der Waals surface area contributed by atoms with Crippen LogP contribution >= 0.6 is 0 Å². The monoisotopic (exact) mass is 387 g/mol. The lowest BCUT2D eigenvalue weighted by atomic mass is 10.1. The van der Waals surface area contributed by atoms with E-state index in [1.807, 2.05) is 0 Å². The molecule has 1 rings (SSSR count). The number of alkyl carbamates (subject to hydrolysis) is 1. The number of hydrogen-bond acceptors (Lipinski definition) is 6. The number of likely N-dealkylation sites (tertiary alicyclic amines) is 1. The third kappa shape index (κ3) is 8.14. The minimum Gasteiger partial charge on any atom is -0.480 e. The predicted molar refractivity (Wildman–Crippen MR) is 95.1 cm³/mol. The number of carboxylic acid groups (broad SMARTS) is 1. The maximum Gasteiger partial charge on any atom is 0.411 e. The van der Waals surface area contributed by atoms with E-state index in [1.54, 1.807) is 41.5 Å². The molecule has 0 aromatic heterocycles. The Morgan fingerprint density at radius 2 is 1.59 bits per heavy atom. The lowest BCUT2D eigenvalue weighted by Gasteiger charge is -2.26. The zero-order valence-corrected chi connectivity index (χ0v) is 16.6. The molecule has 0 saturated carbocycles. The van der Waals surface area contributed by atoms with Crippen LogP contribution in [0.1, 0.15) is 48.0 Å². The van der Waals surface area contributed by atoms with Crippen molar-refractivity contribution in [1.82, 2.24) is 15.5 Å². The molecule has 154 valence electrons. The van der Waals surface area contributed by atoms with E-state index in [4.69, 9.17) is 9.47 Å². The van der Waals surface area contributed by atoms with E-state index in [0.717, 1.165) is 4.90 Å². The first-order valence-electron chi connectivity index (χ1n) is 8.66. The minimum absolute atomic E-state index is 0.00403. The Morgan fingerprint density at radius 1 is 1.04 bits per heavy atom. The summed E-state index contributed by atoms with van der Waals surface area (Å²) in [6.07, 6.45) is -1.44. The topological polar surface area (TPSA) is 134 Å². The van der Waals surface area contributed by atoms with E-state index in [0.29, 0.717) is 0 Å². The first-order chi connectivity index (χ1) is 12.2. The second-order valence-electron chi connectivity index (χ2n) is 8.34. The predicted octanol–water partition coefficient (Wildman–Crippen LogP) is 1.09. The third-order valence-electron chi connectivity index (χ3n) is 3.37. The quantitative estimate of drug-likeness (QED) is 0.657. The van der Waals surface area contributed by atoms with Gasteiger partial charge in [-0.15, -0.1) is 0 Å². The van der Waals surface area contributed by atoms with Crippen molar-refractivity contribution in [3.8, 4) is 0 Å². The number of aliphatic carboxylic acids is 1. The Balaban J connectivity index is 2.59. The lowest BCUT2D eigenvalue weighted by molar-refractivity contribution is -0.142. The molecule has 27 heavy (non-hydrogen) atoms. The van der Waals surface area contributed by atoms with Crippen LogP contribution in [0, 0.1) is 0 Å². The van der Waals surface area contributed by atoms with Crippen molar-refractivity contribution in [2.45, 2.75) is 71.2 Å². The number of carbonyl (C=O) groups is 4. The molecule has 3 amide bonds. The maximum absolute atomic E-state index is 12.2. The van der Waals surface area contributed by atoms with Gasteiger partial charge in [-0.2, -0.15) is 0 Å². The number of ether oxygens (including phenoxy) is 2. The van der Waals surface area contributed by atoms with Crippen LogP contribution in [0.5, 0.6) is 0 Å². The van der Waals surface area contributed by atoms with E-state index in [9.17, 15) is 24.3 Å². The second kappa shape index (κ2) is 8.45. The van der Waals surface area contributed by atoms with Gasteiger partial charge in [0.25, 0.3) is 0 Å². The second-order valence-corrected chi connectivity index (χ2v) is 8.34. The summed E-state index contributed by atoms with van der Waals surface area (Å²) in [6, 6.07) is -1.66. The molecule has 1 aliphatic rings. The van der Waals surface area contributed by atoms with Gasteiger partial charge in [-0.1, -0.05) is 0 Å². The van der Waals surface area contributed by atoms with E-state index in [2.05, 4.69) is 10.6 Å². The van der Waals surface area contributed by atoms with Gasteiger partial charge in [0, 0.05) is 19.0 Å². The fraction of sp³-hybridized carbons (Fsp3) is 0.765. The molecule has 1 heterocycles. The average Bonchev–Trinajstić information content (AvgIpc) is 2.85. The summed E-state index contributed by atoms with van der Waals surface area (Å²) in [5, 5.41) is 14.3. The molecule has 10 nitrogen and oxygen atoms in total. The number of nitrogens with zero attached hydrogens (tertiary/aromatic N) is 1. The fourth-order valence-corrected chi connectivity index (χ4v) is 2.44. The number of nitrogens with one attached hydrogen (secondary N) is 2. The molecule has 0 bridgehead atoms. The van der Waals surface area contributed by atoms with Crippen molar-refractivity contribution in [2.75, 3.05) is 13.1 Å².